The van der Waals surface area contributed by atoms with Crippen LogP contribution >= 0.6 is 10.9 Å². The monoisotopic (exact) mass is 190 g/mol. The van der Waals surface area contributed by atoms with Crippen LogP contribution in [-0.4, -0.2) is 13.7 Å². The minimum Gasteiger partial charge on any atom is -0.399 e. The van der Waals surface area contributed by atoms with Crippen LogP contribution < -0.4 is 11.5 Å². The Kier molecular flexibility index (Phi) is 2.16. The lowest BCUT2D eigenvalue weighted by molar-refractivity contribution is 0.376. The van der Waals surface area contributed by atoms with Crippen LogP contribution in [0, 0.1) is 0 Å². The Morgan fingerprint density at radius 2 is 1.67 bits per heavy atom. The second-order valence-electron chi connectivity index (χ2n) is 2.32. The zero-order chi connectivity index (χ0) is 9.35. The van der Waals surface area contributed by atoms with Gasteiger partial charge < -0.3 is 25.1 Å². The number of anilines is 2. The van der Waals surface area contributed by atoms with Crippen LogP contribution in [0.25, 0.3) is 0 Å². The van der Waals surface area contributed by atoms with Crippen molar-refractivity contribution >= 4 is 22.2 Å². The van der Waals surface area contributed by atoms with E-state index in [0.29, 0.717) is 5.69 Å². The van der Waals surface area contributed by atoms with Crippen molar-refractivity contribution in [1.29, 1.82) is 0 Å². The van der Waals surface area contributed by atoms with Gasteiger partial charge in [0.15, 0.2) is 0 Å². The lowest BCUT2D eigenvalue weighted by Crippen LogP contribution is -2.01. The van der Waals surface area contributed by atoms with Gasteiger partial charge in [0.1, 0.15) is 10.9 Å². The Bertz CT molecular complexity index is 297. The van der Waals surface area contributed by atoms with Gasteiger partial charge in [0, 0.05) is 5.69 Å². The molecule has 1 rings (SSSR count). The molecule has 1 aromatic rings. The van der Waals surface area contributed by atoms with Crippen molar-refractivity contribution in [2.45, 2.75) is 4.90 Å². The van der Waals surface area contributed by atoms with Crippen LogP contribution in [0.2, 0.25) is 0 Å². The van der Waals surface area contributed by atoms with E-state index < -0.39 is 10.9 Å². The quantitative estimate of drug-likeness (QED) is 0.430. The highest BCUT2D eigenvalue weighted by Gasteiger charge is 2.18. The molecule has 0 unspecified atom stereocenters. The Morgan fingerprint density at radius 3 is 2.08 bits per heavy atom. The molecule has 68 valence electrons. The molecule has 0 atom stereocenters. The Balaban J connectivity index is 3.19. The molecule has 0 saturated carbocycles. The molecule has 0 spiro atoms. The number of hydrogen-bond acceptors (Lipinski definition) is 5. The first-order chi connectivity index (χ1) is 5.41. The molecular formula is C6H10N2O3S. The molecule has 0 bridgehead atoms. The summed E-state index contributed by atoms with van der Waals surface area (Å²) in [5.41, 5.74) is 11.2. The Morgan fingerprint density at radius 1 is 1.08 bits per heavy atom. The molecule has 0 aliphatic heterocycles. The maximum Gasteiger partial charge on any atom is 0.115 e. The standard InChI is InChI=1S/C6H10N2O3S/c7-4-1-2-6(5(8)3-4)12(9,10)11/h1-3,9-11H,7-8H2. The Hall–Kier alpha value is -0.950. The van der Waals surface area contributed by atoms with Crippen LogP contribution in [0.15, 0.2) is 23.1 Å². The normalized spacial score (nSPS) is 12.9. The number of nitrogens with two attached hydrogens (primary N) is 2. The van der Waals surface area contributed by atoms with Gasteiger partial charge in [0.05, 0.1) is 10.6 Å². The largest absolute Gasteiger partial charge is 0.399 e. The third-order valence-electron chi connectivity index (χ3n) is 1.33. The van der Waals surface area contributed by atoms with Crippen molar-refractivity contribution in [3.8, 4) is 0 Å². The maximum absolute atomic E-state index is 8.83. The smallest absolute Gasteiger partial charge is 0.115 e. The summed E-state index contributed by atoms with van der Waals surface area (Å²) in [5.74, 6) is 0. The van der Waals surface area contributed by atoms with E-state index in [0.717, 1.165) is 0 Å². The van der Waals surface area contributed by atoms with Crippen molar-refractivity contribution in [3.05, 3.63) is 18.2 Å². The lowest BCUT2D eigenvalue weighted by atomic mass is 10.3. The molecular weight excluding hydrogens is 180 g/mol. The summed E-state index contributed by atoms with van der Waals surface area (Å²) in [5, 5.41) is 0. The minimum absolute atomic E-state index is 0.0671. The third kappa shape index (κ3) is 1.80. The van der Waals surface area contributed by atoms with Crippen molar-refractivity contribution in [1.82, 2.24) is 0 Å². The minimum atomic E-state index is -3.73. The summed E-state index contributed by atoms with van der Waals surface area (Å²) >= 11 is 0. The fraction of sp³-hybridized carbons (Fsp3) is 0. The van der Waals surface area contributed by atoms with E-state index >= 15 is 0 Å². The average Bonchev–Trinajstić information content (AvgIpc) is 1.83. The summed E-state index contributed by atoms with van der Waals surface area (Å²) in [6.45, 7) is 0. The van der Waals surface area contributed by atoms with Crippen LogP contribution in [0.1, 0.15) is 0 Å². The highest BCUT2D eigenvalue weighted by molar-refractivity contribution is 8.19. The molecule has 0 heterocycles. The summed E-state index contributed by atoms with van der Waals surface area (Å²) in [6, 6.07) is 4.05. The fourth-order valence-corrected chi connectivity index (χ4v) is 1.44. The van der Waals surface area contributed by atoms with Gasteiger partial charge in [0.25, 0.3) is 0 Å². The van der Waals surface area contributed by atoms with Crippen LogP contribution in [0.5, 0.6) is 0 Å². The highest BCUT2D eigenvalue weighted by atomic mass is 32.3. The van der Waals surface area contributed by atoms with Gasteiger partial charge in [-0.05, 0) is 18.2 Å². The second kappa shape index (κ2) is 2.83. The first kappa shape index (κ1) is 9.14. The summed E-state index contributed by atoms with van der Waals surface area (Å²) < 4.78 is 26.5. The molecule has 6 heteroatoms. The first-order valence-corrected chi connectivity index (χ1v) is 4.57. The topological polar surface area (TPSA) is 113 Å². The molecule has 7 N–H and O–H groups in total. The lowest BCUT2D eigenvalue weighted by Gasteiger charge is -2.20. The molecule has 0 aliphatic carbocycles. The van der Waals surface area contributed by atoms with Gasteiger partial charge in [0.2, 0.25) is 0 Å². The predicted molar refractivity (Wildman–Crippen MR) is 49.0 cm³/mol. The predicted octanol–water partition coefficient (Wildman–Crippen LogP) is 1.43. The molecule has 1 aromatic carbocycles. The molecule has 0 saturated heterocycles. The SMILES string of the molecule is Nc1ccc(S(O)(O)O)c(N)c1. The summed E-state index contributed by atoms with van der Waals surface area (Å²) in [6.07, 6.45) is 0. The molecule has 0 aliphatic rings. The summed E-state index contributed by atoms with van der Waals surface area (Å²) in [7, 11) is -3.73. The average molecular weight is 190 g/mol. The van der Waals surface area contributed by atoms with Gasteiger partial charge in [-0.15, -0.1) is 0 Å². The summed E-state index contributed by atoms with van der Waals surface area (Å²) in [4.78, 5) is -0.100. The highest BCUT2D eigenvalue weighted by Crippen LogP contribution is 2.46. The molecule has 0 aromatic heterocycles. The van der Waals surface area contributed by atoms with E-state index in [4.69, 9.17) is 25.1 Å². The van der Waals surface area contributed by atoms with E-state index in [1.165, 1.54) is 18.2 Å². The second-order valence-corrected chi connectivity index (χ2v) is 3.79. The van der Waals surface area contributed by atoms with Crippen LogP contribution in [0.4, 0.5) is 11.4 Å². The molecule has 0 radical (unpaired) electrons. The maximum atomic E-state index is 8.83. The molecule has 5 nitrogen and oxygen atoms in total. The van der Waals surface area contributed by atoms with Crippen molar-refractivity contribution in [2.24, 2.45) is 0 Å². The van der Waals surface area contributed by atoms with Gasteiger partial charge >= 0.3 is 0 Å². The number of benzene rings is 1. The van der Waals surface area contributed by atoms with Gasteiger partial charge in [-0.3, -0.25) is 0 Å². The molecule has 0 amide bonds. The van der Waals surface area contributed by atoms with Gasteiger partial charge in [-0.2, -0.15) is 0 Å². The van der Waals surface area contributed by atoms with Gasteiger partial charge in [-0.1, -0.05) is 0 Å². The van der Waals surface area contributed by atoms with E-state index in [1.807, 2.05) is 0 Å². The van der Waals surface area contributed by atoms with Crippen LogP contribution in [0.3, 0.4) is 0 Å². The molecule has 12 heavy (non-hydrogen) atoms. The first-order valence-electron chi connectivity index (χ1n) is 3.07. The van der Waals surface area contributed by atoms with E-state index in [-0.39, 0.29) is 10.6 Å². The van der Waals surface area contributed by atoms with E-state index in [2.05, 4.69) is 0 Å². The number of hydrogen-bond donors (Lipinski definition) is 5. The van der Waals surface area contributed by atoms with Crippen molar-refractivity contribution in [2.75, 3.05) is 11.5 Å². The van der Waals surface area contributed by atoms with E-state index in [9.17, 15) is 0 Å². The number of rotatable bonds is 1. The zero-order valence-corrected chi connectivity index (χ0v) is 6.95. The van der Waals surface area contributed by atoms with Crippen molar-refractivity contribution < 1.29 is 13.7 Å². The molecule has 0 fully saturated rings. The van der Waals surface area contributed by atoms with E-state index in [1.54, 1.807) is 0 Å². The third-order valence-corrected chi connectivity index (χ3v) is 2.29. The van der Waals surface area contributed by atoms with Crippen LogP contribution in [-0.2, 0) is 0 Å². The zero-order valence-electron chi connectivity index (χ0n) is 6.14. The number of nitrogen functional groups attached to an aromatic ring is 2. The van der Waals surface area contributed by atoms with Crippen molar-refractivity contribution in [3.63, 3.8) is 0 Å². The van der Waals surface area contributed by atoms with Gasteiger partial charge in [-0.25, -0.2) is 0 Å². The Labute approximate surface area is 71.2 Å². The fourth-order valence-electron chi connectivity index (χ4n) is 0.816.